The van der Waals surface area contributed by atoms with Crippen LogP contribution in [0.5, 0.6) is 0 Å². The smallest absolute Gasteiger partial charge is 0.357 e. The molecule has 1 saturated carbocycles. The van der Waals surface area contributed by atoms with Crippen molar-refractivity contribution in [2.45, 2.75) is 18.9 Å². The van der Waals surface area contributed by atoms with Gasteiger partial charge in [-0.3, -0.25) is 4.68 Å². The van der Waals surface area contributed by atoms with E-state index < -0.39 is 0 Å². The molecule has 0 radical (unpaired) electrons. The molecule has 4 nitrogen and oxygen atoms in total. The first kappa shape index (κ1) is 15.5. The summed E-state index contributed by atoms with van der Waals surface area (Å²) in [5, 5.41) is 6.40. The fourth-order valence-electron chi connectivity index (χ4n) is 2.78. The van der Waals surface area contributed by atoms with Crippen molar-refractivity contribution in [3.05, 3.63) is 52.1 Å². The van der Waals surface area contributed by atoms with Crippen LogP contribution >= 0.6 is 23.2 Å². The molecule has 1 fully saturated rings. The Morgan fingerprint density at radius 3 is 2.71 bits per heavy atom. The van der Waals surface area contributed by atoms with Crippen LogP contribution in [-0.4, -0.2) is 21.9 Å². The highest BCUT2D eigenvalue weighted by molar-refractivity contribution is 6.36. The highest BCUT2D eigenvalue weighted by Crippen LogP contribution is 2.36. The molecular formula is C18H14Cl2N2O2. The molecule has 1 heterocycles. The predicted octanol–water partition coefficient (Wildman–Crippen LogP) is 4.87. The highest BCUT2D eigenvalue weighted by Gasteiger charge is 2.29. The number of nitrogens with zero attached hydrogens (tertiary/aromatic N) is 2. The van der Waals surface area contributed by atoms with Gasteiger partial charge in [-0.2, -0.15) is 5.10 Å². The van der Waals surface area contributed by atoms with Gasteiger partial charge in [0.1, 0.15) is 11.6 Å². The number of carbonyl (C=O) groups is 1. The van der Waals surface area contributed by atoms with E-state index in [-0.39, 0.29) is 12.1 Å². The number of aromatic nitrogens is 2. The van der Waals surface area contributed by atoms with Gasteiger partial charge >= 0.3 is 5.97 Å². The summed E-state index contributed by atoms with van der Waals surface area (Å²) in [7, 11) is 1.75. The summed E-state index contributed by atoms with van der Waals surface area (Å²) in [6.45, 7) is 0. The first-order chi connectivity index (χ1) is 11.5. The maximum absolute atomic E-state index is 12.4. The number of carbonyl (C=O) groups excluding carboxylic acids is 1. The molecule has 3 aromatic rings. The molecule has 4 rings (SSSR count). The highest BCUT2D eigenvalue weighted by atomic mass is 35.5. The molecule has 0 saturated heterocycles. The normalized spacial score (nSPS) is 14.1. The standard InChI is InChI=1S/C18H14Cl2N2O2/c1-22-17(18(23)24-11-6-7-11)14-4-2-3-13(16(14)21-22)12-8-5-10(19)9-15(12)20/h2-5,8-9,11H,6-7H2,1H3. The lowest BCUT2D eigenvalue weighted by molar-refractivity contribution is 0.0462. The predicted molar refractivity (Wildman–Crippen MR) is 94.6 cm³/mol. The van der Waals surface area contributed by atoms with E-state index in [4.69, 9.17) is 27.9 Å². The van der Waals surface area contributed by atoms with Crippen molar-refractivity contribution < 1.29 is 9.53 Å². The Balaban J connectivity index is 1.87. The van der Waals surface area contributed by atoms with Crippen molar-refractivity contribution in [1.82, 2.24) is 9.78 Å². The molecular weight excluding hydrogens is 347 g/mol. The second-order valence-corrected chi connectivity index (χ2v) is 6.75. The molecule has 122 valence electrons. The van der Waals surface area contributed by atoms with E-state index in [0.717, 1.165) is 29.4 Å². The van der Waals surface area contributed by atoms with Crippen molar-refractivity contribution in [2.75, 3.05) is 0 Å². The van der Waals surface area contributed by atoms with Crippen LogP contribution < -0.4 is 0 Å². The van der Waals surface area contributed by atoms with E-state index in [1.807, 2.05) is 24.3 Å². The van der Waals surface area contributed by atoms with Crippen molar-refractivity contribution >= 4 is 40.1 Å². The lowest BCUT2D eigenvalue weighted by atomic mass is 10.0. The van der Waals surface area contributed by atoms with Gasteiger partial charge in [-0.15, -0.1) is 0 Å². The number of fused-ring (bicyclic) bond motifs is 1. The Morgan fingerprint density at radius 1 is 1.21 bits per heavy atom. The topological polar surface area (TPSA) is 44.1 Å². The fraction of sp³-hybridized carbons (Fsp3) is 0.222. The Hall–Kier alpha value is -2.04. The van der Waals surface area contributed by atoms with Gasteiger partial charge in [-0.1, -0.05) is 47.5 Å². The van der Waals surface area contributed by atoms with E-state index in [0.29, 0.717) is 21.3 Å². The maximum atomic E-state index is 12.4. The minimum atomic E-state index is -0.332. The molecule has 0 N–H and O–H groups in total. The molecule has 0 spiro atoms. The van der Waals surface area contributed by atoms with Gasteiger partial charge in [0.25, 0.3) is 0 Å². The van der Waals surface area contributed by atoms with Crippen LogP contribution in [0.25, 0.3) is 22.0 Å². The zero-order chi connectivity index (χ0) is 16.8. The SMILES string of the molecule is Cn1nc2c(-c3ccc(Cl)cc3Cl)cccc2c1C(=O)OC1CC1. The quantitative estimate of drug-likeness (QED) is 0.626. The molecule has 1 aliphatic carbocycles. The maximum Gasteiger partial charge on any atom is 0.357 e. The molecule has 2 aromatic carbocycles. The van der Waals surface area contributed by atoms with Gasteiger partial charge < -0.3 is 4.74 Å². The van der Waals surface area contributed by atoms with Crippen LogP contribution in [0.1, 0.15) is 23.3 Å². The third-order valence-electron chi connectivity index (χ3n) is 4.08. The van der Waals surface area contributed by atoms with E-state index in [1.165, 1.54) is 0 Å². The summed E-state index contributed by atoms with van der Waals surface area (Å²) in [5.41, 5.74) is 2.86. The summed E-state index contributed by atoms with van der Waals surface area (Å²) in [6, 6.07) is 11.0. The second kappa shape index (κ2) is 5.80. The van der Waals surface area contributed by atoms with Gasteiger partial charge in [0.2, 0.25) is 0 Å². The first-order valence-electron chi connectivity index (χ1n) is 7.66. The molecule has 0 atom stereocenters. The number of halogens is 2. The molecule has 1 aliphatic rings. The lowest BCUT2D eigenvalue weighted by Crippen LogP contribution is -2.12. The number of hydrogen-bond acceptors (Lipinski definition) is 3. The second-order valence-electron chi connectivity index (χ2n) is 5.90. The molecule has 24 heavy (non-hydrogen) atoms. The molecule has 0 aliphatic heterocycles. The van der Waals surface area contributed by atoms with Gasteiger partial charge in [0.15, 0.2) is 5.69 Å². The molecule has 0 bridgehead atoms. The van der Waals surface area contributed by atoms with Crippen LogP contribution in [-0.2, 0) is 11.8 Å². The Morgan fingerprint density at radius 2 is 2.00 bits per heavy atom. The third-order valence-corrected chi connectivity index (χ3v) is 4.63. The van der Waals surface area contributed by atoms with Crippen molar-refractivity contribution in [1.29, 1.82) is 0 Å². The van der Waals surface area contributed by atoms with Crippen LogP contribution in [0.4, 0.5) is 0 Å². The van der Waals surface area contributed by atoms with Gasteiger partial charge in [-0.25, -0.2) is 4.79 Å². The zero-order valence-electron chi connectivity index (χ0n) is 12.9. The molecule has 6 heteroatoms. The van der Waals surface area contributed by atoms with Crippen molar-refractivity contribution in [2.24, 2.45) is 7.05 Å². The van der Waals surface area contributed by atoms with E-state index in [2.05, 4.69) is 5.10 Å². The summed E-state index contributed by atoms with van der Waals surface area (Å²) >= 11 is 12.3. The third kappa shape index (κ3) is 2.66. The first-order valence-corrected chi connectivity index (χ1v) is 8.42. The monoisotopic (exact) mass is 360 g/mol. The van der Waals surface area contributed by atoms with Gasteiger partial charge in [0.05, 0.1) is 0 Å². The number of aryl methyl sites for hydroxylation is 1. The molecule has 0 unspecified atom stereocenters. The average Bonchev–Trinajstić information content (AvgIpc) is 3.26. The Bertz CT molecular complexity index is 961. The Labute approximate surface area is 148 Å². The lowest BCUT2D eigenvalue weighted by Gasteiger charge is -2.06. The van der Waals surface area contributed by atoms with E-state index >= 15 is 0 Å². The number of rotatable bonds is 3. The summed E-state index contributed by atoms with van der Waals surface area (Å²) in [5.74, 6) is -0.332. The summed E-state index contributed by atoms with van der Waals surface area (Å²) < 4.78 is 7.01. The van der Waals surface area contributed by atoms with Crippen LogP contribution in [0.2, 0.25) is 10.0 Å². The molecule has 1 aromatic heterocycles. The number of esters is 1. The fourth-order valence-corrected chi connectivity index (χ4v) is 3.29. The minimum Gasteiger partial charge on any atom is -0.458 e. The average molecular weight is 361 g/mol. The van der Waals surface area contributed by atoms with Gasteiger partial charge in [0, 0.05) is 33.6 Å². The van der Waals surface area contributed by atoms with Crippen molar-refractivity contribution in [3.8, 4) is 11.1 Å². The van der Waals surface area contributed by atoms with Crippen LogP contribution in [0.15, 0.2) is 36.4 Å². The Kier molecular flexibility index (Phi) is 3.74. The van der Waals surface area contributed by atoms with Crippen LogP contribution in [0.3, 0.4) is 0 Å². The number of ether oxygens (including phenoxy) is 1. The zero-order valence-corrected chi connectivity index (χ0v) is 14.4. The number of hydrogen-bond donors (Lipinski definition) is 0. The number of benzene rings is 2. The van der Waals surface area contributed by atoms with E-state index in [1.54, 1.807) is 23.9 Å². The van der Waals surface area contributed by atoms with Crippen LogP contribution in [0, 0.1) is 0 Å². The minimum absolute atomic E-state index is 0.0522. The van der Waals surface area contributed by atoms with Gasteiger partial charge in [-0.05, 0) is 25.0 Å². The van der Waals surface area contributed by atoms with Crippen molar-refractivity contribution in [3.63, 3.8) is 0 Å². The summed E-state index contributed by atoms with van der Waals surface area (Å²) in [4.78, 5) is 12.4. The largest absolute Gasteiger partial charge is 0.458 e. The summed E-state index contributed by atoms with van der Waals surface area (Å²) in [6.07, 6.45) is 1.93. The van der Waals surface area contributed by atoms with E-state index in [9.17, 15) is 4.79 Å². The molecule has 0 amide bonds.